The smallest absolute Gasteiger partial charge is 0.259 e. The summed E-state index contributed by atoms with van der Waals surface area (Å²) in [5, 5.41) is 16.8. The summed E-state index contributed by atoms with van der Waals surface area (Å²) in [5.74, 6) is 1.31. The fraction of sp³-hybridized carbons (Fsp3) is 0.429. The molecule has 0 aliphatic carbocycles. The van der Waals surface area contributed by atoms with Crippen molar-refractivity contribution in [2.24, 2.45) is 0 Å². The minimum atomic E-state index is -0.449. The van der Waals surface area contributed by atoms with Gasteiger partial charge in [0.15, 0.2) is 0 Å². The molecule has 2 aliphatic heterocycles. The van der Waals surface area contributed by atoms with E-state index < -0.39 is 5.91 Å². The molecule has 11 heteroatoms. The number of benzene rings is 2. The first kappa shape index (κ1) is 26.8. The number of phenolic OH excluding ortho intramolecular Hbond substituents is 1. The molecule has 2 aromatic carbocycles. The molecule has 0 atom stereocenters. The van der Waals surface area contributed by atoms with E-state index >= 15 is 0 Å². The van der Waals surface area contributed by atoms with Crippen molar-refractivity contribution in [1.29, 1.82) is 0 Å². The van der Waals surface area contributed by atoms with E-state index in [1.165, 1.54) is 12.8 Å². The fourth-order valence-corrected chi connectivity index (χ4v) is 5.11. The van der Waals surface area contributed by atoms with E-state index in [1.54, 1.807) is 36.4 Å². The van der Waals surface area contributed by atoms with E-state index in [0.717, 1.165) is 57.5 Å². The number of nitrogens with one attached hydrogen (secondary N) is 2. The Bertz CT molecular complexity index is 1290. The quantitative estimate of drug-likeness (QED) is 0.362. The lowest BCUT2D eigenvalue weighted by atomic mass is 10.1. The number of anilines is 6. The molecule has 0 spiro atoms. The molecular formula is C28H35ClN8O2. The largest absolute Gasteiger partial charge is 0.507 e. The number of phenols is 1. The number of carbonyl (C=O) groups excluding carboxylic acids is 1. The maximum absolute atomic E-state index is 12.8. The van der Waals surface area contributed by atoms with Gasteiger partial charge in [-0.3, -0.25) is 4.79 Å². The number of halogens is 1. The average Bonchev–Trinajstić information content (AvgIpc) is 2.95. The summed E-state index contributed by atoms with van der Waals surface area (Å²) in [6, 6.07) is 10.2. The van der Waals surface area contributed by atoms with Crippen molar-refractivity contribution in [3.8, 4) is 5.75 Å². The maximum atomic E-state index is 12.8. The molecule has 0 radical (unpaired) electrons. The van der Waals surface area contributed by atoms with Crippen molar-refractivity contribution in [1.82, 2.24) is 15.0 Å². The Morgan fingerprint density at radius 3 is 2.03 bits per heavy atom. The summed E-state index contributed by atoms with van der Waals surface area (Å²) >= 11 is 6.55. The molecule has 1 aromatic heterocycles. The molecule has 3 aromatic rings. The Morgan fingerprint density at radius 1 is 0.872 bits per heavy atom. The van der Waals surface area contributed by atoms with E-state index in [1.807, 2.05) is 19.0 Å². The lowest BCUT2D eigenvalue weighted by Crippen LogP contribution is -2.34. The van der Waals surface area contributed by atoms with Gasteiger partial charge in [0.1, 0.15) is 5.75 Å². The van der Waals surface area contributed by atoms with Crippen LogP contribution in [0.15, 0.2) is 36.4 Å². The number of nitrogens with zero attached hydrogens (tertiary/aromatic N) is 6. The number of piperidine rings is 2. The number of hydrogen-bond acceptors (Lipinski definition) is 9. The van der Waals surface area contributed by atoms with E-state index in [0.29, 0.717) is 34.2 Å². The predicted octanol–water partition coefficient (Wildman–Crippen LogP) is 5.27. The van der Waals surface area contributed by atoms with Gasteiger partial charge in [0.2, 0.25) is 17.8 Å². The highest BCUT2D eigenvalue weighted by atomic mass is 35.5. The third-order valence-corrected chi connectivity index (χ3v) is 7.42. The highest BCUT2D eigenvalue weighted by Gasteiger charge is 2.21. The zero-order valence-electron chi connectivity index (χ0n) is 22.5. The van der Waals surface area contributed by atoms with Gasteiger partial charge < -0.3 is 30.4 Å². The number of rotatable bonds is 7. The number of amides is 1. The van der Waals surface area contributed by atoms with Crippen molar-refractivity contribution in [2.75, 3.05) is 65.6 Å². The summed E-state index contributed by atoms with van der Waals surface area (Å²) in [7, 11) is 3.73. The molecule has 206 valence electrons. The predicted molar refractivity (Wildman–Crippen MR) is 157 cm³/mol. The first-order chi connectivity index (χ1) is 18.9. The van der Waals surface area contributed by atoms with Gasteiger partial charge in [-0.1, -0.05) is 11.6 Å². The van der Waals surface area contributed by atoms with Crippen LogP contribution in [0, 0.1) is 0 Å². The molecule has 3 heterocycles. The minimum Gasteiger partial charge on any atom is -0.507 e. The molecule has 0 bridgehead atoms. The Kier molecular flexibility index (Phi) is 8.21. The van der Waals surface area contributed by atoms with Gasteiger partial charge in [-0.25, -0.2) is 0 Å². The van der Waals surface area contributed by atoms with Gasteiger partial charge in [-0.05, 0) is 68.9 Å². The van der Waals surface area contributed by atoms with Crippen LogP contribution in [0.5, 0.6) is 5.75 Å². The van der Waals surface area contributed by atoms with Crippen LogP contribution in [0.1, 0.15) is 48.9 Å². The molecule has 0 unspecified atom stereocenters. The molecule has 39 heavy (non-hydrogen) atoms. The standard InChI is InChI=1S/C28H35ClN8O2/c1-35(2)20-10-11-21(24(38)18-20)25(39)31-23-12-9-19(17-22(23)29)30-26-32-27(36-13-5-3-6-14-36)34-28(33-26)37-15-7-4-8-16-37/h9-12,17-18,38H,3-8,13-16H2,1-2H3,(H,31,39)(H,30,32,33,34). The van der Waals surface area contributed by atoms with Crippen LogP contribution in [0.2, 0.25) is 5.02 Å². The van der Waals surface area contributed by atoms with Gasteiger partial charge in [0.05, 0.1) is 16.3 Å². The Balaban J connectivity index is 1.34. The summed E-state index contributed by atoms with van der Waals surface area (Å²) in [6.45, 7) is 3.76. The molecular weight excluding hydrogens is 516 g/mol. The van der Waals surface area contributed by atoms with E-state index in [-0.39, 0.29) is 11.3 Å². The van der Waals surface area contributed by atoms with Gasteiger partial charge in [-0.2, -0.15) is 15.0 Å². The monoisotopic (exact) mass is 550 g/mol. The highest BCUT2D eigenvalue weighted by molar-refractivity contribution is 6.34. The van der Waals surface area contributed by atoms with Crippen molar-refractivity contribution in [3.05, 3.63) is 47.0 Å². The lowest BCUT2D eigenvalue weighted by molar-refractivity contribution is 0.102. The van der Waals surface area contributed by atoms with Gasteiger partial charge in [0, 0.05) is 57.7 Å². The summed E-state index contributed by atoms with van der Waals surface area (Å²) in [5.41, 5.74) is 2.08. The van der Waals surface area contributed by atoms with Gasteiger partial charge in [0.25, 0.3) is 5.91 Å². The topological polar surface area (TPSA) is 110 Å². The number of carbonyl (C=O) groups is 1. The second-order valence-electron chi connectivity index (χ2n) is 10.2. The lowest BCUT2D eigenvalue weighted by Gasteiger charge is -2.30. The highest BCUT2D eigenvalue weighted by Crippen LogP contribution is 2.30. The van der Waals surface area contributed by atoms with Crippen LogP contribution in [0.4, 0.5) is 34.9 Å². The van der Waals surface area contributed by atoms with Crippen LogP contribution < -0.4 is 25.3 Å². The third kappa shape index (κ3) is 6.44. The Morgan fingerprint density at radius 2 is 1.49 bits per heavy atom. The van der Waals surface area contributed by atoms with Crippen molar-refractivity contribution < 1.29 is 9.90 Å². The first-order valence-corrected chi connectivity index (χ1v) is 13.9. The molecule has 10 nitrogen and oxygen atoms in total. The summed E-state index contributed by atoms with van der Waals surface area (Å²) in [4.78, 5) is 33.4. The molecule has 2 aliphatic rings. The Hall–Kier alpha value is -3.79. The molecule has 5 rings (SSSR count). The van der Waals surface area contributed by atoms with Gasteiger partial charge >= 0.3 is 0 Å². The normalized spacial score (nSPS) is 15.7. The second kappa shape index (κ2) is 11.9. The van der Waals surface area contributed by atoms with E-state index in [9.17, 15) is 9.90 Å². The van der Waals surface area contributed by atoms with E-state index in [4.69, 9.17) is 26.6 Å². The van der Waals surface area contributed by atoms with Crippen LogP contribution in [-0.2, 0) is 0 Å². The second-order valence-corrected chi connectivity index (χ2v) is 10.6. The number of hydrogen-bond donors (Lipinski definition) is 3. The van der Waals surface area contributed by atoms with Crippen LogP contribution in [0.25, 0.3) is 0 Å². The van der Waals surface area contributed by atoms with Gasteiger partial charge in [-0.15, -0.1) is 0 Å². The zero-order chi connectivity index (χ0) is 27.4. The molecule has 3 N–H and O–H groups in total. The molecule has 2 saturated heterocycles. The van der Waals surface area contributed by atoms with Crippen molar-refractivity contribution in [2.45, 2.75) is 38.5 Å². The van der Waals surface area contributed by atoms with Crippen LogP contribution >= 0.6 is 11.6 Å². The number of aromatic nitrogens is 3. The minimum absolute atomic E-state index is 0.100. The molecule has 1 amide bonds. The van der Waals surface area contributed by atoms with Crippen molar-refractivity contribution in [3.63, 3.8) is 0 Å². The first-order valence-electron chi connectivity index (χ1n) is 13.5. The molecule has 0 saturated carbocycles. The fourth-order valence-electron chi connectivity index (χ4n) is 4.88. The zero-order valence-corrected chi connectivity index (χ0v) is 23.2. The summed E-state index contributed by atoms with van der Waals surface area (Å²) in [6.07, 6.45) is 6.99. The SMILES string of the molecule is CN(C)c1ccc(C(=O)Nc2ccc(Nc3nc(N4CCCCC4)nc(N4CCCCC4)n3)cc2Cl)c(O)c1. The van der Waals surface area contributed by atoms with Crippen LogP contribution in [-0.4, -0.2) is 66.2 Å². The number of aromatic hydroxyl groups is 1. The molecule has 2 fully saturated rings. The maximum Gasteiger partial charge on any atom is 0.259 e. The third-order valence-electron chi connectivity index (χ3n) is 7.11. The average molecular weight is 551 g/mol. The Labute approximate surface area is 234 Å². The van der Waals surface area contributed by atoms with E-state index in [2.05, 4.69) is 20.4 Å². The van der Waals surface area contributed by atoms with Crippen molar-refractivity contribution >= 4 is 52.4 Å². The summed E-state index contributed by atoms with van der Waals surface area (Å²) < 4.78 is 0. The van der Waals surface area contributed by atoms with Crippen LogP contribution in [0.3, 0.4) is 0 Å².